The van der Waals surface area contributed by atoms with Crippen LogP contribution >= 0.6 is 35.7 Å². The maximum atomic E-state index is 12.9. The zero-order valence-electron chi connectivity index (χ0n) is 16.1. The van der Waals surface area contributed by atoms with Crippen LogP contribution in [0.4, 0.5) is 13.2 Å². The monoisotopic (exact) mass is 532 g/mol. The van der Waals surface area contributed by atoms with Crippen LogP contribution in [0.25, 0.3) is 0 Å². The van der Waals surface area contributed by atoms with Crippen LogP contribution < -0.4 is 10.6 Å². The first-order chi connectivity index (χ1) is 13.0. The molecule has 5 nitrogen and oxygen atoms in total. The number of rotatable bonds is 7. The van der Waals surface area contributed by atoms with Crippen molar-refractivity contribution in [1.82, 2.24) is 15.5 Å². The molecule has 1 aromatic carbocycles. The molecule has 1 aliphatic heterocycles. The zero-order chi connectivity index (χ0) is 19.7. The third kappa shape index (κ3) is 7.96. The summed E-state index contributed by atoms with van der Waals surface area (Å²) in [7, 11) is 1.70. The summed E-state index contributed by atoms with van der Waals surface area (Å²) in [5, 5.41) is 6.53. The number of morpholine rings is 1. The molecular formula is C18H28F3IN4OS. The first-order valence-corrected chi connectivity index (χ1v) is 10.3. The van der Waals surface area contributed by atoms with Crippen molar-refractivity contribution in [3.63, 3.8) is 0 Å². The van der Waals surface area contributed by atoms with Crippen molar-refractivity contribution in [2.24, 2.45) is 4.99 Å². The van der Waals surface area contributed by atoms with Crippen molar-refractivity contribution >= 4 is 41.7 Å². The van der Waals surface area contributed by atoms with Gasteiger partial charge < -0.3 is 15.4 Å². The van der Waals surface area contributed by atoms with Crippen molar-refractivity contribution in [3.8, 4) is 0 Å². The van der Waals surface area contributed by atoms with E-state index in [2.05, 4.69) is 20.5 Å². The molecule has 0 saturated carbocycles. The zero-order valence-corrected chi connectivity index (χ0v) is 19.2. The lowest BCUT2D eigenvalue weighted by Gasteiger charge is -2.35. The third-order valence-electron chi connectivity index (χ3n) is 4.39. The van der Waals surface area contributed by atoms with Gasteiger partial charge in [-0.2, -0.15) is 24.9 Å². The normalized spacial score (nSPS) is 17.0. The minimum atomic E-state index is -4.32. The van der Waals surface area contributed by atoms with E-state index in [1.165, 1.54) is 0 Å². The minimum absolute atomic E-state index is 0. The highest BCUT2D eigenvalue weighted by Crippen LogP contribution is 2.31. The Morgan fingerprint density at radius 3 is 2.39 bits per heavy atom. The number of hydrogen-bond acceptors (Lipinski definition) is 4. The second-order valence-electron chi connectivity index (χ2n) is 6.16. The highest BCUT2D eigenvalue weighted by Gasteiger charge is 2.31. The van der Waals surface area contributed by atoms with Gasteiger partial charge in [-0.1, -0.05) is 12.1 Å². The van der Waals surface area contributed by atoms with Crippen molar-refractivity contribution in [2.45, 2.75) is 12.2 Å². The second kappa shape index (κ2) is 12.8. The molecule has 1 atom stereocenters. The average molecular weight is 532 g/mol. The molecule has 0 bridgehead atoms. The van der Waals surface area contributed by atoms with E-state index < -0.39 is 11.7 Å². The van der Waals surface area contributed by atoms with Gasteiger partial charge in [0.2, 0.25) is 0 Å². The van der Waals surface area contributed by atoms with Gasteiger partial charge in [-0.25, -0.2) is 0 Å². The van der Waals surface area contributed by atoms with Crippen molar-refractivity contribution in [2.75, 3.05) is 58.4 Å². The number of ether oxygens (including phenoxy) is 1. The number of nitrogens with one attached hydrogen (secondary N) is 2. The quantitative estimate of drug-likeness (QED) is 0.245. The third-order valence-corrected chi connectivity index (χ3v) is 5.01. The lowest BCUT2D eigenvalue weighted by atomic mass is 10.0. The van der Waals surface area contributed by atoms with Crippen molar-refractivity contribution in [3.05, 3.63) is 35.4 Å². The van der Waals surface area contributed by atoms with E-state index in [4.69, 9.17) is 4.74 Å². The highest BCUT2D eigenvalue weighted by molar-refractivity contribution is 14.0. The number of alkyl halides is 3. The number of guanidine groups is 1. The van der Waals surface area contributed by atoms with E-state index >= 15 is 0 Å². The lowest BCUT2D eigenvalue weighted by molar-refractivity contribution is -0.137. The van der Waals surface area contributed by atoms with Crippen LogP contribution in [0.5, 0.6) is 0 Å². The number of hydrogen-bond donors (Lipinski definition) is 2. The summed E-state index contributed by atoms with van der Waals surface area (Å²) in [5.41, 5.74) is 0.214. The molecule has 0 radical (unpaired) electrons. The molecule has 1 heterocycles. The summed E-state index contributed by atoms with van der Waals surface area (Å²) in [6.45, 7) is 4.07. The molecular weight excluding hydrogens is 504 g/mol. The largest absolute Gasteiger partial charge is 0.416 e. The summed E-state index contributed by atoms with van der Waals surface area (Å²) >= 11 is 1.74. The first kappa shape index (κ1) is 25.3. The molecule has 0 amide bonds. The van der Waals surface area contributed by atoms with E-state index in [-0.39, 0.29) is 30.0 Å². The molecule has 1 fully saturated rings. The Hall–Kier alpha value is -0.720. The van der Waals surface area contributed by atoms with Gasteiger partial charge in [0.15, 0.2) is 5.96 Å². The molecule has 0 spiro atoms. The highest BCUT2D eigenvalue weighted by atomic mass is 127. The number of aliphatic imine (C=N–C) groups is 1. The van der Waals surface area contributed by atoms with Gasteiger partial charge in [-0.05, 0) is 24.0 Å². The Labute approximate surface area is 185 Å². The van der Waals surface area contributed by atoms with Crippen LogP contribution in [0, 0.1) is 0 Å². The first-order valence-electron chi connectivity index (χ1n) is 8.88. The van der Waals surface area contributed by atoms with Crippen LogP contribution in [0.2, 0.25) is 0 Å². The van der Waals surface area contributed by atoms with E-state index in [1.807, 2.05) is 6.26 Å². The molecule has 2 rings (SSSR count). The standard InChI is InChI=1S/C18H27F3N4OS.HI/c1-22-17(23-7-12-27-2)24-13-16(25-8-10-26-11-9-25)14-3-5-15(6-4-14)18(19,20)21;/h3-6,16H,7-13H2,1-2H3,(H2,22,23,24);1H. The average Bonchev–Trinajstić information content (AvgIpc) is 2.67. The summed E-state index contributed by atoms with van der Waals surface area (Å²) in [4.78, 5) is 6.44. The van der Waals surface area contributed by atoms with Gasteiger partial charge in [-0.15, -0.1) is 24.0 Å². The molecule has 28 heavy (non-hydrogen) atoms. The van der Waals surface area contributed by atoms with E-state index in [1.54, 1.807) is 30.9 Å². The van der Waals surface area contributed by atoms with Crippen LogP contribution in [0.1, 0.15) is 17.2 Å². The Kier molecular flexibility index (Phi) is 11.5. The van der Waals surface area contributed by atoms with Crippen molar-refractivity contribution in [1.29, 1.82) is 0 Å². The van der Waals surface area contributed by atoms with E-state index in [0.717, 1.165) is 43.1 Å². The molecule has 0 aromatic heterocycles. The Bertz CT molecular complexity index is 595. The molecule has 1 saturated heterocycles. The fraction of sp³-hybridized carbons (Fsp3) is 0.611. The van der Waals surface area contributed by atoms with Gasteiger partial charge in [0, 0.05) is 39.0 Å². The van der Waals surface area contributed by atoms with Crippen molar-refractivity contribution < 1.29 is 17.9 Å². The van der Waals surface area contributed by atoms with E-state index in [9.17, 15) is 13.2 Å². The molecule has 1 aromatic rings. The van der Waals surface area contributed by atoms with Gasteiger partial charge in [-0.3, -0.25) is 9.89 Å². The number of thioether (sulfide) groups is 1. The predicted molar refractivity (Wildman–Crippen MR) is 120 cm³/mol. The lowest BCUT2D eigenvalue weighted by Crippen LogP contribution is -2.46. The minimum Gasteiger partial charge on any atom is -0.379 e. The fourth-order valence-electron chi connectivity index (χ4n) is 2.93. The second-order valence-corrected chi connectivity index (χ2v) is 7.14. The van der Waals surface area contributed by atoms with Gasteiger partial charge in [0.1, 0.15) is 0 Å². The van der Waals surface area contributed by atoms with Gasteiger partial charge >= 0.3 is 6.18 Å². The summed E-state index contributed by atoms with van der Waals surface area (Å²) in [5.74, 6) is 1.65. The molecule has 0 aliphatic carbocycles. The number of benzene rings is 1. The predicted octanol–water partition coefficient (Wildman–Crippen LogP) is 3.22. The number of halogens is 4. The topological polar surface area (TPSA) is 48.9 Å². The number of nitrogens with zero attached hydrogens (tertiary/aromatic N) is 2. The maximum Gasteiger partial charge on any atom is 0.416 e. The molecule has 2 N–H and O–H groups in total. The van der Waals surface area contributed by atoms with Crippen LogP contribution in [-0.4, -0.2) is 69.3 Å². The maximum absolute atomic E-state index is 12.9. The summed E-state index contributed by atoms with van der Waals surface area (Å²) in [6, 6.07) is 5.36. The Morgan fingerprint density at radius 2 is 1.86 bits per heavy atom. The summed E-state index contributed by atoms with van der Waals surface area (Å²) in [6.07, 6.45) is -2.29. The Morgan fingerprint density at radius 1 is 1.21 bits per heavy atom. The van der Waals surface area contributed by atoms with Gasteiger partial charge in [0.25, 0.3) is 0 Å². The molecule has 160 valence electrons. The van der Waals surface area contributed by atoms with Crippen LogP contribution in [0.3, 0.4) is 0 Å². The molecule has 1 aliphatic rings. The van der Waals surface area contributed by atoms with Crippen LogP contribution in [-0.2, 0) is 10.9 Å². The molecule has 1 unspecified atom stereocenters. The van der Waals surface area contributed by atoms with Gasteiger partial charge in [0.05, 0.1) is 24.8 Å². The Balaban J connectivity index is 0.00000392. The fourth-order valence-corrected chi connectivity index (χ4v) is 3.23. The van der Waals surface area contributed by atoms with Crippen LogP contribution in [0.15, 0.2) is 29.3 Å². The smallest absolute Gasteiger partial charge is 0.379 e. The summed E-state index contributed by atoms with van der Waals surface area (Å²) < 4.78 is 44.0. The SMILES string of the molecule is CN=C(NCCSC)NCC(c1ccc(C(F)(F)F)cc1)N1CCOCC1.I. The van der Waals surface area contributed by atoms with E-state index in [0.29, 0.717) is 25.7 Å². The molecule has 10 heteroatoms.